The summed E-state index contributed by atoms with van der Waals surface area (Å²) in [6, 6.07) is 8.52. The first-order valence-electron chi connectivity index (χ1n) is 10.2. The molecule has 3 N–H and O–H groups in total. The van der Waals surface area contributed by atoms with Gasteiger partial charge in [0.1, 0.15) is 5.60 Å². The van der Waals surface area contributed by atoms with Gasteiger partial charge in [0.2, 0.25) is 5.95 Å². The van der Waals surface area contributed by atoms with E-state index in [1.165, 1.54) is 15.8 Å². The van der Waals surface area contributed by atoms with Crippen molar-refractivity contribution in [3.63, 3.8) is 0 Å². The van der Waals surface area contributed by atoms with Crippen molar-refractivity contribution in [2.45, 2.75) is 12.5 Å². The maximum atomic E-state index is 13.1. The first-order valence-corrected chi connectivity index (χ1v) is 10.2. The number of carbonyl (C=O) groups is 1. The van der Waals surface area contributed by atoms with Crippen molar-refractivity contribution in [2.24, 2.45) is 0 Å². The Morgan fingerprint density at radius 2 is 1.97 bits per heavy atom. The number of hydrogen-bond acceptors (Lipinski definition) is 9. The van der Waals surface area contributed by atoms with Crippen LogP contribution in [-0.4, -0.2) is 72.9 Å². The topological polar surface area (TPSA) is 145 Å². The zero-order valence-electron chi connectivity index (χ0n) is 18.5. The molecule has 0 radical (unpaired) electrons. The number of fused-ring (bicyclic) bond motifs is 1. The van der Waals surface area contributed by atoms with Crippen LogP contribution in [0.25, 0.3) is 16.7 Å². The molecule has 1 atom stereocenters. The van der Waals surface area contributed by atoms with Gasteiger partial charge in [-0.1, -0.05) is 6.07 Å². The summed E-state index contributed by atoms with van der Waals surface area (Å²) < 4.78 is 6.59. The normalized spacial score (nSPS) is 13.1. The lowest BCUT2D eigenvalue weighted by molar-refractivity contribution is 0.0740. The Morgan fingerprint density at radius 3 is 2.67 bits per heavy atom. The van der Waals surface area contributed by atoms with Crippen molar-refractivity contribution in [1.82, 2.24) is 34.6 Å². The second-order valence-electron chi connectivity index (χ2n) is 7.63. The zero-order chi connectivity index (χ0) is 23.6. The highest BCUT2D eigenvalue weighted by Gasteiger charge is 2.30. The van der Waals surface area contributed by atoms with E-state index in [1.807, 2.05) is 0 Å². The fourth-order valence-electron chi connectivity index (χ4n) is 3.42. The van der Waals surface area contributed by atoms with Crippen LogP contribution in [0.2, 0.25) is 0 Å². The van der Waals surface area contributed by atoms with Crippen LogP contribution < -0.4 is 5.73 Å². The lowest BCUT2D eigenvalue weighted by Crippen LogP contribution is -2.30. The molecule has 0 aliphatic rings. The molecule has 0 bridgehead atoms. The van der Waals surface area contributed by atoms with Crippen molar-refractivity contribution in [1.29, 1.82) is 0 Å². The number of rotatable bonds is 7. The van der Waals surface area contributed by atoms with Gasteiger partial charge in [0, 0.05) is 50.7 Å². The van der Waals surface area contributed by atoms with Crippen molar-refractivity contribution < 1.29 is 14.6 Å². The summed E-state index contributed by atoms with van der Waals surface area (Å²) in [5, 5.41) is 16.4. The van der Waals surface area contributed by atoms with Crippen LogP contribution in [0.4, 0.5) is 5.95 Å². The molecule has 0 saturated carbocycles. The first kappa shape index (κ1) is 22.2. The van der Waals surface area contributed by atoms with E-state index in [4.69, 9.17) is 10.5 Å². The molecule has 11 heteroatoms. The molecule has 4 rings (SSSR count). The Kier molecular flexibility index (Phi) is 5.99. The highest BCUT2D eigenvalue weighted by Crippen LogP contribution is 2.31. The van der Waals surface area contributed by atoms with Gasteiger partial charge in [-0.15, -0.1) is 0 Å². The third kappa shape index (κ3) is 4.23. The van der Waals surface area contributed by atoms with Gasteiger partial charge in [-0.05, 0) is 30.7 Å². The standard InChI is InChI=1S/C22H24N8O3/c1-22(32,20-24-8-4-9-25-20)14-5-6-15-16(13-14)30(17-7-10-26-21(23)27-17)28-18(15)19(31)29(2)11-12-33-3/h4-10,13,32H,11-12H2,1-3H3,(H2,23,26,27). The number of carbonyl (C=O) groups excluding carboxylic acids is 1. The van der Waals surface area contributed by atoms with Gasteiger partial charge in [0.05, 0.1) is 12.1 Å². The Bertz CT molecular complexity index is 1290. The number of ether oxygens (including phenoxy) is 1. The summed E-state index contributed by atoms with van der Waals surface area (Å²) >= 11 is 0. The fraction of sp³-hybridized carbons (Fsp3) is 0.273. The number of amides is 1. The van der Waals surface area contributed by atoms with E-state index in [0.717, 1.165) is 0 Å². The van der Waals surface area contributed by atoms with E-state index in [-0.39, 0.29) is 23.4 Å². The number of nitrogens with zero attached hydrogens (tertiary/aromatic N) is 7. The Labute approximate surface area is 189 Å². The molecule has 0 fully saturated rings. The molecule has 1 unspecified atom stereocenters. The molecular formula is C22H24N8O3. The number of anilines is 1. The minimum Gasteiger partial charge on any atom is -0.383 e. The minimum absolute atomic E-state index is 0.0714. The molecule has 1 aromatic carbocycles. The predicted molar refractivity (Wildman–Crippen MR) is 121 cm³/mol. The first-order chi connectivity index (χ1) is 15.8. The molecule has 3 aromatic heterocycles. The van der Waals surface area contributed by atoms with Crippen LogP contribution in [0, 0.1) is 0 Å². The average Bonchev–Trinajstić information content (AvgIpc) is 3.21. The third-order valence-electron chi connectivity index (χ3n) is 5.30. The summed E-state index contributed by atoms with van der Waals surface area (Å²) in [6.45, 7) is 2.41. The zero-order valence-corrected chi connectivity index (χ0v) is 18.5. The lowest BCUT2D eigenvalue weighted by atomic mass is 9.94. The van der Waals surface area contributed by atoms with Gasteiger partial charge in [0.15, 0.2) is 17.3 Å². The van der Waals surface area contributed by atoms with Crippen LogP contribution in [0.3, 0.4) is 0 Å². The average molecular weight is 448 g/mol. The van der Waals surface area contributed by atoms with Gasteiger partial charge in [-0.3, -0.25) is 4.79 Å². The van der Waals surface area contributed by atoms with E-state index in [1.54, 1.807) is 63.8 Å². The lowest BCUT2D eigenvalue weighted by Gasteiger charge is -2.22. The number of nitrogens with two attached hydrogens (primary N) is 1. The van der Waals surface area contributed by atoms with E-state index in [0.29, 0.717) is 35.4 Å². The largest absolute Gasteiger partial charge is 0.383 e. The Balaban J connectivity index is 1.89. The number of hydrogen-bond donors (Lipinski definition) is 2. The summed E-state index contributed by atoms with van der Waals surface area (Å²) in [5.74, 6) is 0.432. The monoisotopic (exact) mass is 448 g/mol. The van der Waals surface area contributed by atoms with Crippen molar-refractivity contribution in [2.75, 3.05) is 33.0 Å². The molecule has 33 heavy (non-hydrogen) atoms. The molecule has 170 valence electrons. The highest BCUT2D eigenvalue weighted by atomic mass is 16.5. The van der Waals surface area contributed by atoms with Crippen LogP contribution in [-0.2, 0) is 10.3 Å². The van der Waals surface area contributed by atoms with Crippen LogP contribution in [0.5, 0.6) is 0 Å². The van der Waals surface area contributed by atoms with Gasteiger partial charge in [0.25, 0.3) is 5.91 Å². The maximum Gasteiger partial charge on any atom is 0.274 e. The number of likely N-dealkylation sites (N-methyl/N-ethyl adjacent to an activating group) is 1. The molecule has 0 spiro atoms. The third-order valence-corrected chi connectivity index (χ3v) is 5.30. The SMILES string of the molecule is COCCN(C)C(=O)c1nn(-c2ccnc(N)n2)c2cc(C(C)(O)c3ncccn3)ccc12. The van der Waals surface area contributed by atoms with Crippen molar-refractivity contribution in [3.05, 3.63) is 66.0 Å². The second-order valence-corrected chi connectivity index (χ2v) is 7.63. The van der Waals surface area contributed by atoms with Crippen molar-refractivity contribution in [3.8, 4) is 5.82 Å². The minimum atomic E-state index is -1.48. The molecule has 3 heterocycles. The second kappa shape index (κ2) is 8.88. The summed E-state index contributed by atoms with van der Waals surface area (Å²) in [7, 11) is 3.26. The summed E-state index contributed by atoms with van der Waals surface area (Å²) in [6.07, 6.45) is 4.64. The highest BCUT2D eigenvalue weighted by molar-refractivity contribution is 6.05. The smallest absolute Gasteiger partial charge is 0.274 e. The number of benzene rings is 1. The summed E-state index contributed by atoms with van der Waals surface area (Å²) in [5.41, 5.74) is 5.62. The van der Waals surface area contributed by atoms with Crippen molar-refractivity contribution >= 4 is 22.8 Å². The van der Waals surface area contributed by atoms with Gasteiger partial charge < -0.3 is 20.5 Å². The van der Waals surface area contributed by atoms with E-state index >= 15 is 0 Å². The van der Waals surface area contributed by atoms with E-state index in [2.05, 4.69) is 25.0 Å². The number of nitrogen functional groups attached to an aromatic ring is 1. The molecule has 0 aliphatic carbocycles. The molecule has 4 aromatic rings. The Hall–Kier alpha value is -3.96. The van der Waals surface area contributed by atoms with E-state index < -0.39 is 5.60 Å². The number of aromatic nitrogens is 6. The van der Waals surface area contributed by atoms with Crippen LogP contribution in [0.15, 0.2) is 48.9 Å². The molecular weight excluding hydrogens is 424 g/mol. The maximum absolute atomic E-state index is 13.1. The molecule has 1 amide bonds. The van der Waals surface area contributed by atoms with Gasteiger partial charge in [-0.2, -0.15) is 10.1 Å². The van der Waals surface area contributed by atoms with E-state index in [9.17, 15) is 9.90 Å². The predicted octanol–water partition coefficient (Wildman–Crippen LogP) is 1.16. The molecule has 0 saturated heterocycles. The fourth-order valence-corrected chi connectivity index (χ4v) is 3.42. The van der Waals surface area contributed by atoms with Gasteiger partial charge in [-0.25, -0.2) is 19.6 Å². The van der Waals surface area contributed by atoms with Gasteiger partial charge >= 0.3 is 0 Å². The van der Waals surface area contributed by atoms with Crippen LogP contribution in [0.1, 0.15) is 28.8 Å². The van der Waals surface area contributed by atoms with Crippen LogP contribution >= 0.6 is 0 Å². The quantitative estimate of drug-likeness (QED) is 0.425. The summed E-state index contributed by atoms with van der Waals surface area (Å²) in [4.78, 5) is 31.2. The molecule has 0 aliphatic heterocycles. The molecule has 11 nitrogen and oxygen atoms in total. The Morgan fingerprint density at radius 1 is 1.21 bits per heavy atom. The number of aliphatic hydroxyl groups is 1. The number of methoxy groups -OCH3 is 1.